The van der Waals surface area contributed by atoms with E-state index in [4.69, 9.17) is 15.2 Å². The van der Waals surface area contributed by atoms with Crippen molar-refractivity contribution in [3.8, 4) is 5.75 Å². The summed E-state index contributed by atoms with van der Waals surface area (Å²) in [6.07, 6.45) is 1.05. The van der Waals surface area contributed by atoms with Gasteiger partial charge in [0.1, 0.15) is 5.75 Å². The standard InChI is InChI=1S/C19H32N4O2.HI/c1-19(2,16-6-4-7-17(14-16)24-3)15-22-18(20)21-8-5-9-23-10-12-25-13-11-23;/h4,6-7,14H,5,8-13,15H2,1-3H3,(H3,20,21,22);1H. The number of aliphatic imine (C=N–C) groups is 1. The molecule has 0 bridgehead atoms. The number of nitrogens with one attached hydrogen (secondary N) is 1. The molecule has 0 spiro atoms. The van der Waals surface area contributed by atoms with Crippen molar-refractivity contribution in [3.05, 3.63) is 29.8 Å². The lowest BCUT2D eigenvalue weighted by Crippen LogP contribution is -2.39. The van der Waals surface area contributed by atoms with Crippen LogP contribution < -0.4 is 15.8 Å². The molecule has 6 nitrogen and oxygen atoms in total. The largest absolute Gasteiger partial charge is 0.497 e. The fraction of sp³-hybridized carbons (Fsp3) is 0.632. The van der Waals surface area contributed by atoms with Crippen LogP contribution in [0.5, 0.6) is 5.75 Å². The van der Waals surface area contributed by atoms with Crippen LogP contribution in [-0.2, 0) is 10.2 Å². The van der Waals surface area contributed by atoms with Crippen molar-refractivity contribution in [3.63, 3.8) is 0 Å². The zero-order chi connectivity index (χ0) is 18.1. The van der Waals surface area contributed by atoms with E-state index in [1.807, 2.05) is 12.1 Å². The fourth-order valence-electron chi connectivity index (χ4n) is 2.82. The molecule has 0 amide bonds. The van der Waals surface area contributed by atoms with E-state index in [1.165, 1.54) is 5.56 Å². The maximum Gasteiger partial charge on any atom is 0.188 e. The number of nitrogens with two attached hydrogens (primary N) is 1. The van der Waals surface area contributed by atoms with Crippen LogP contribution in [0.3, 0.4) is 0 Å². The molecule has 1 heterocycles. The Morgan fingerprint density at radius 3 is 2.77 bits per heavy atom. The Hall–Kier alpha value is -1.06. The summed E-state index contributed by atoms with van der Waals surface area (Å²) in [7, 11) is 1.68. The second-order valence-electron chi connectivity index (χ2n) is 7.05. The van der Waals surface area contributed by atoms with Crippen molar-refractivity contribution < 1.29 is 9.47 Å². The SMILES string of the molecule is COc1cccc(C(C)(C)CN=C(N)NCCCN2CCOCC2)c1.I. The van der Waals surface area contributed by atoms with Gasteiger partial charge < -0.3 is 20.5 Å². The first-order chi connectivity index (χ1) is 12.0. The predicted octanol–water partition coefficient (Wildman–Crippen LogP) is 2.22. The van der Waals surface area contributed by atoms with Gasteiger partial charge in [-0.2, -0.15) is 0 Å². The van der Waals surface area contributed by atoms with E-state index in [2.05, 4.69) is 41.2 Å². The molecule has 7 heteroatoms. The molecule has 1 aliphatic rings. The Morgan fingerprint density at radius 1 is 1.35 bits per heavy atom. The van der Waals surface area contributed by atoms with Gasteiger partial charge in [-0.15, -0.1) is 24.0 Å². The normalized spacial score (nSPS) is 16.0. The predicted molar refractivity (Wildman–Crippen MR) is 118 cm³/mol. The van der Waals surface area contributed by atoms with E-state index >= 15 is 0 Å². The van der Waals surface area contributed by atoms with Crippen molar-refractivity contribution in [2.24, 2.45) is 10.7 Å². The van der Waals surface area contributed by atoms with Crippen molar-refractivity contribution in [2.75, 3.05) is 53.0 Å². The van der Waals surface area contributed by atoms with E-state index in [0.29, 0.717) is 12.5 Å². The quantitative estimate of drug-likeness (QED) is 0.261. The summed E-state index contributed by atoms with van der Waals surface area (Å²) >= 11 is 0. The maximum atomic E-state index is 6.01. The lowest BCUT2D eigenvalue weighted by Gasteiger charge is -2.26. The van der Waals surface area contributed by atoms with Crippen LogP contribution in [0.2, 0.25) is 0 Å². The van der Waals surface area contributed by atoms with Gasteiger partial charge in [0, 0.05) is 25.0 Å². The molecule has 0 radical (unpaired) electrons. The molecule has 2 rings (SSSR count). The molecule has 1 saturated heterocycles. The van der Waals surface area contributed by atoms with E-state index < -0.39 is 0 Å². The molecule has 0 aromatic heterocycles. The average molecular weight is 476 g/mol. The minimum Gasteiger partial charge on any atom is -0.497 e. The number of hydrogen-bond acceptors (Lipinski definition) is 4. The van der Waals surface area contributed by atoms with Crippen LogP contribution in [-0.4, -0.2) is 63.9 Å². The van der Waals surface area contributed by atoms with Crippen molar-refractivity contribution >= 4 is 29.9 Å². The van der Waals surface area contributed by atoms with Crippen LogP contribution >= 0.6 is 24.0 Å². The minimum absolute atomic E-state index is 0. The lowest BCUT2D eigenvalue weighted by atomic mass is 9.85. The van der Waals surface area contributed by atoms with Gasteiger partial charge in [0.2, 0.25) is 0 Å². The number of rotatable bonds is 8. The number of morpholine rings is 1. The zero-order valence-electron chi connectivity index (χ0n) is 16.2. The number of benzene rings is 1. The minimum atomic E-state index is -0.103. The van der Waals surface area contributed by atoms with Gasteiger partial charge in [-0.25, -0.2) is 0 Å². The number of guanidine groups is 1. The van der Waals surface area contributed by atoms with Gasteiger partial charge in [0.15, 0.2) is 5.96 Å². The molecule has 1 aliphatic heterocycles. The smallest absolute Gasteiger partial charge is 0.188 e. The molecule has 148 valence electrons. The van der Waals surface area contributed by atoms with Crippen LogP contribution in [0, 0.1) is 0 Å². The van der Waals surface area contributed by atoms with Gasteiger partial charge in [-0.1, -0.05) is 26.0 Å². The van der Waals surface area contributed by atoms with Gasteiger partial charge >= 0.3 is 0 Å². The fourth-order valence-corrected chi connectivity index (χ4v) is 2.82. The number of methoxy groups -OCH3 is 1. The molecule has 1 fully saturated rings. The Bertz CT molecular complexity index is 560. The molecule has 0 atom stereocenters. The maximum absolute atomic E-state index is 6.01. The monoisotopic (exact) mass is 476 g/mol. The first-order valence-corrected chi connectivity index (χ1v) is 9.00. The molecule has 3 N–H and O–H groups in total. The molecule has 1 aromatic carbocycles. The first kappa shape index (κ1) is 23.0. The van der Waals surface area contributed by atoms with Gasteiger partial charge in [0.25, 0.3) is 0 Å². The summed E-state index contributed by atoms with van der Waals surface area (Å²) < 4.78 is 10.7. The van der Waals surface area contributed by atoms with Crippen molar-refractivity contribution in [1.82, 2.24) is 10.2 Å². The highest BCUT2D eigenvalue weighted by molar-refractivity contribution is 14.0. The Morgan fingerprint density at radius 2 is 2.08 bits per heavy atom. The van der Waals surface area contributed by atoms with E-state index in [9.17, 15) is 0 Å². The number of halogens is 1. The topological polar surface area (TPSA) is 72.1 Å². The third-order valence-corrected chi connectivity index (χ3v) is 4.56. The highest BCUT2D eigenvalue weighted by Gasteiger charge is 2.20. The third-order valence-electron chi connectivity index (χ3n) is 4.56. The molecular formula is C19H33IN4O2. The summed E-state index contributed by atoms with van der Waals surface area (Å²) in [5.41, 5.74) is 7.10. The lowest BCUT2D eigenvalue weighted by molar-refractivity contribution is 0.0376. The second-order valence-corrected chi connectivity index (χ2v) is 7.05. The molecule has 26 heavy (non-hydrogen) atoms. The molecule has 0 saturated carbocycles. The van der Waals surface area contributed by atoms with Gasteiger partial charge in [0.05, 0.1) is 26.9 Å². The highest BCUT2D eigenvalue weighted by atomic mass is 127. The summed E-state index contributed by atoms with van der Waals surface area (Å²) in [6.45, 7) is 10.6. The molecule has 0 unspecified atom stereocenters. The first-order valence-electron chi connectivity index (χ1n) is 9.00. The van der Waals surface area contributed by atoms with Gasteiger partial charge in [-0.05, 0) is 30.7 Å². The van der Waals surface area contributed by atoms with Crippen molar-refractivity contribution in [2.45, 2.75) is 25.7 Å². The van der Waals surface area contributed by atoms with Crippen LogP contribution in [0.4, 0.5) is 0 Å². The third kappa shape index (κ3) is 7.67. The van der Waals surface area contributed by atoms with E-state index in [1.54, 1.807) is 7.11 Å². The van der Waals surface area contributed by atoms with E-state index in [0.717, 1.165) is 51.6 Å². The summed E-state index contributed by atoms with van der Waals surface area (Å²) in [6, 6.07) is 8.12. The van der Waals surface area contributed by atoms with Crippen LogP contribution in [0.1, 0.15) is 25.8 Å². The van der Waals surface area contributed by atoms with Crippen molar-refractivity contribution in [1.29, 1.82) is 0 Å². The molecule has 0 aliphatic carbocycles. The van der Waals surface area contributed by atoms with Gasteiger partial charge in [-0.3, -0.25) is 9.89 Å². The average Bonchev–Trinajstić information content (AvgIpc) is 2.64. The Kier molecular flexibility index (Phi) is 10.3. The summed E-state index contributed by atoms with van der Waals surface area (Å²) in [5, 5.41) is 3.21. The number of ether oxygens (including phenoxy) is 2. The zero-order valence-corrected chi connectivity index (χ0v) is 18.5. The number of nitrogens with zero attached hydrogens (tertiary/aromatic N) is 2. The summed E-state index contributed by atoms with van der Waals surface area (Å²) in [4.78, 5) is 6.94. The van der Waals surface area contributed by atoms with Crippen LogP contribution in [0.25, 0.3) is 0 Å². The molecular weight excluding hydrogens is 443 g/mol. The van der Waals surface area contributed by atoms with E-state index in [-0.39, 0.29) is 29.4 Å². The van der Waals surface area contributed by atoms with Crippen LogP contribution in [0.15, 0.2) is 29.3 Å². The molecule has 1 aromatic rings. The Labute approximate surface area is 174 Å². The summed E-state index contributed by atoms with van der Waals surface area (Å²) in [5.74, 6) is 1.38. The second kappa shape index (κ2) is 11.6. The number of hydrogen-bond donors (Lipinski definition) is 2. The highest BCUT2D eigenvalue weighted by Crippen LogP contribution is 2.26. The Balaban J connectivity index is 0.00000338.